The summed E-state index contributed by atoms with van der Waals surface area (Å²) in [6.45, 7) is 8.98. The molecule has 0 radical (unpaired) electrons. The van der Waals surface area contributed by atoms with Crippen molar-refractivity contribution in [2.75, 3.05) is 26.3 Å². The van der Waals surface area contributed by atoms with Crippen molar-refractivity contribution in [2.24, 2.45) is 0 Å². The van der Waals surface area contributed by atoms with Crippen molar-refractivity contribution >= 4 is 0 Å². The predicted octanol–water partition coefficient (Wildman–Crippen LogP) is 1.64. The minimum atomic E-state index is 0.547. The number of ether oxygens (including phenoxy) is 2. The molecule has 1 fully saturated rings. The molecule has 0 amide bonds. The monoisotopic (exact) mass is 262 g/mol. The lowest BCUT2D eigenvalue weighted by Gasteiger charge is -2.38. The van der Waals surface area contributed by atoms with Crippen molar-refractivity contribution in [1.29, 1.82) is 0 Å². The summed E-state index contributed by atoms with van der Waals surface area (Å²) in [5.41, 5.74) is 1.30. The number of benzene rings is 1. The van der Waals surface area contributed by atoms with Gasteiger partial charge >= 0.3 is 0 Å². The van der Waals surface area contributed by atoms with E-state index in [1.807, 2.05) is 6.07 Å². The largest absolute Gasteiger partial charge is 0.486 e. The van der Waals surface area contributed by atoms with Gasteiger partial charge in [-0.3, -0.25) is 4.90 Å². The quantitative estimate of drug-likeness (QED) is 0.878. The topological polar surface area (TPSA) is 33.7 Å². The second kappa shape index (κ2) is 5.39. The van der Waals surface area contributed by atoms with E-state index in [1.165, 1.54) is 5.56 Å². The van der Waals surface area contributed by atoms with Crippen LogP contribution in [0.1, 0.15) is 19.4 Å². The average molecular weight is 262 g/mol. The molecule has 4 heteroatoms. The highest BCUT2D eigenvalue weighted by Crippen LogP contribution is 2.31. The Balaban J connectivity index is 1.72. The van der Waals surface area contributed by atoms with Crippen LogP contribution in [-0.4, -0.2) is 43.3 Å². The normalized spacial score (nSPS) is 27.3. The molecule has 2 unspecified atom stereocenters. The van der Waals surface area contributed by atoms with Gasteiger partial charge in [0.1, 0.15) is 13.2 Å². The van der Waals surface area contributed by atoms with E-state index in [-0.39, 0.29) is 0 Å². The smallest absolute Gasteiger partial charge is 0.161 e. The van der Waals surface area contributed by atoms with E-state index in [1.54, 1.807) is 0 Å². The van der Waals surface area contributed by atoms with Crippen LogP contribution in [0.15, 0.2) is 18.2 Å². The molecule has 0 bridgehead atoms. The summed E-state index contributed by atoms with van der Waals surface area (Å²) in [7, 11) is 0. The van der Waals surface area contributed by atoms with Crippen molar-refractivity contribution in [1.82, 2.24) is 10.2 Å². The van der Waals surface area contributed by atoms with Crippen LogP contribution in [0.5, 0.6) is 11.5 Å². The van der Waals surface area contributed by atoms with Crippen LogP contribution >= 0.6 is 0 Å². The van der Waals surface area contributed by atoms with Crippen LogP contribution in [0, 0.1) is 0 Å². The number of fused-ring (bicyclic) bond motifs is 1. The third-order valence-corrected chi connectivity index (χ3v) is 4.16. The molecule has 104 valence electrons. The summed E-state index contributed by atoms with van der Waals surface area (Å²) in [5.74, 6) is 1.76. The lowest BCUT2D eigenvalue weighted by atomic mass is 10.1. The van der Waals surface area contributed by atoms with Gasteiger partial charge in [0.2, 0.25) is 0 Å². The second-order valence-electron chi connectivity index (χ2n) is 5.43. The Morgan fingerprint density at radius 3 is 2.84 bits per heavy atom. The first-order chi connectivity index (χ1) is 9.24. The summed E-state index contributed by atoms with van der Waals surface area (Å²) in [6.07, 6.45) is 0. The highest BCUT2D eigenvalue weighted by molar-refractivity contribution is 5.43. The summed E-state index contributed by atoms with van der Waals surface area (Å²) in [4.78, 5) is 2.52. The van der Waals surface area contributed by atoms with E-state index in [0.717, 1.165) is 31.1 Å². The Kier molecular flexibility index (Phi) is 3.62. The zero-order valence-corrected chi connectivity index (χ0v) is 11.7. The van der Waals surface area contributed by atoms with Crippen LogP contribution in [0.2, 0.25) is 0 Å². The van der Waals surface area contributed by atoms with Crippen molar-refractivity contribution in [3.63, 3.8) is 0 Å². The third-order valence-electron chi connectivity index (χ3n) is 4.16. The van der Waals surface area contributed by atoms with E-state index in [9.17, 15) is 0 Å². The summed E-state index contributed by atoms with van der Waals surface area (Å²) in [5, 5.41) is 3.51. The minimum Gasteiger partial charge on any atom is -0.486 e. The Morgan fingerprint density at radius 2 is 2.00 bits per heavy atom. The first-order valence-corrected chi connectivity index (χ1v) is 7.10. The van der Waals surface area contributed by atoms with Gasteiger partial charge in [0.15, 0.2) is 11.5 Å². The van der Waals surface area contributed by atoms with Gasteiger partial charge in [0, 0.05) is 31.7 Å². The highest BCUT2D eigenvalue weighted by Gasteiger charge is 2.24. The number of nitrogens with one attached hydrogen (secondary N) is 1. The molecular formula is C15H22N2O2. The van der Waals surface area contributed by atoms with E-state index in [0.29, 0.717) is 25.3 Å². The maximum absolute atomic E-state index is 5.65. The Labute approximate surface area is 114 Å². The van der Waals surface area contributed by atoms with Crippen LogP contribution in [0.4, 0.5) is 0 Å². The second-order valence-corrected chi connectivity index (χ2v) is 5.43. The van der Waals surface area contributed by atoms with Gasteiger partial charge in [-0.1, -0.05) is 6.07 Å². The molecule has 2 atom stereocenters. The number of rotatable bonds is 2. The maximum atomic E-state index is 5.65. The van der Waals surface area contributed by atoms with Crippen LogP contribution in [0.3, 0.4) is 0 Å². The van der Waals surface area contributed by atoms with Gasteiger partial charge in [-0.25, -0.2) is 0 Å². The molecular weight excluding hydrogens is 240 g/mol. The number of piperazine rings is 1. The Bertz CT molecular complexity index is 450. The molecule has 2 aliphatic rings. The fourth-order valence-electron chi connectivity index (χ4n) is 2.77. The molecule has 2 aliphatic heterocycles. The van der Waals surface area contributed by atoms with Crippen LogP contribution in [-0.2, 0) is 6.54 Å². The SMILES string of the molecule is CC1NCCN(Cc2ccc3c(c2)OCCO3)C1C. The first kappa shape index (κ1) is 12.8. The zero-order valence-electron chi connectivity index (χ0n) is 11.7. The van der Waals surface area contributed by atoms with Crippen LogP contribution < -0.4 is 14.8 Å². The molecule has 4 nitrogen and oxygen atoms in total. The van der Waals surface area contributed by atoms with Gasteiger partial charge in [0.25, 0.3) is 0 Å². The van der Waals surface area contributed by atoms with Crippen molar-refractivity contribution < 1.29 is 9.47 Å². The lowest BCUT2D eigenvalue weighted by molar-refractivity contribution is 0.130. The lowest BCUT2D eigenvalue weighted by Crippen LogP contribution is -2.54. The van der Waals surface area contributed by atoms with Crippen molar-refractivity contribution in [3.05, 3.63) is 23.8 Å². The average Bonchev–Trinajstić information content (AvgIpc) is 2.44. The van der Waals surface area contributed by atoms with Gasteiger partial charge in [-0.2, -0.15) is 0 Å². The van der Waals surface area contributed by atoms with Crippen molar-refractivity contribution in [2.45, 2.75) is 32.5 Å². The van der Waals surface area contributed by atoms with Crippen molar-refractivity contribution in [3.8, 4) is 11.5 Å². The molecule has 1 aromatic rings. The summed E-state index contributed by atoms with van der Waals surface area (Å²) < 4.78 is 11.2. The predicted molar refractivity (Wildman–Crippen MR) is 74.8 cm³/mol. The number of hydrogen-bond acceptors (Lipinski definition) is 4. The Morgan fingerprint density at radius 1 is 1.21 bits per heavy atom. The molecule has 19 heavy (non-hydrogen) atoms. The molecule has 1 saturated heterocycles. The van der Waals surface area contributed by atoms with E-state index in [2.05, 4.69) is 36.2 Å². The zero-order chi connectivity index (χ0) is 13.2. The van der Waals surface area contributed by atoms with Gasteiger partial charge in [-0.15, -0.1) is 0 Å². The summed E-state index contributed by atoms with van der Waals surface area (Å²) >= 11 is 0. The van der Waals surface area contributed by atoms with Gasteiger partial charge in [0.05, 0.1) is 0 Å². The fourth-order valence-corrected chi connectivity index (χ4v) is 2.77. The number of hydrogen-bond donors (Lipinski definition) is 1. The molecule has 0 aromatic heterocycles. The van der Waals surface area contributed by atoms with Gasteiger partial charge < -0.3 is 14.8 Å². The first-order valence-electron chi connectivity index (χ1n) is 7.10. The summed E-state index contributed by atoms with van der Waals surface area (Å²) in [6, 6.07) is 7.40. The maximum Gasteiger partial charge on any atom is 0.161 e. The standard InChI is InChI=1S/C15H22N2O2/c1-11-12(2)17(6-5-16-11)10-13-3-4-14-15(9-13)19-8-7-18-14/h3-4,9,11-12,16H,5-8,10H2,1-2H3. The molecule has 1 aromatic carbocycles. The minimum absolute atomic E-state index is 0.547. The van der Waals surface area contributed by atoms with Gasteiger partial charge in [-0.05, 0) is 31.5 Å². The molecule has 1 N–H and O–H groups in total. The highest BCUT2D eigenvalue weighted by atomic mass is 16.6. The molecule has 0 spiro atoms. The molecule has 3 rings (SSSR count). The third kappa shape index (κ3) is 2.69. The van der Waals surface area contributed by atoms with E-state index < -0.39 is 0 Å². The molecule has 2 heterocycles. The molecule has 0 aliphatic carbocycles. The number of nitrogens with zero attached hydrogens (tertiary/aromatic N) is 1. The fraction of sp³-hybridized carbons (Fsp3) is 0.600. The van der Waals surface area contributed by atoms with E-state index in [4.69, 9.17) is 9.47 Å². The molecule has 0 saturated carbocycles. The van der Waals surface area contributed by atoms with Crippen LogP contribution in [0.25, 0.3) is 0 Å². The van der Waals surface area contributed by atoms with E-state index >= 15 is 0 Å². The Hall–Kier alpha value is -1.26.